The van der Waals surface area contributed by atoms with Crippen molar-refractivity contribution in [2.75, 3.05) is 32.8 Å². The number of nitrogens with one attached hydrogen (secondary N) is 1. The number of morpholine rings is 1. The first-order valence-electron chi connectivity index (χ1n) is 6.36. The van der Waals surface area contributed by atoms with Crippen molar-refractivity contribution in [2.24, 2.45) is 5.92 Å². The molecular weight excluding hydrogens is 188 g/mol. The van der Waals surface area contributed by atoms with Crippen molar-refractivity contribution < 1.29 is 4.74 Å². The smallest absolute Gasteiger partial charge is 0.0622 e. The molecule has 2 saturated heterocycles. The minimum absolute atomic E-state index is 0.647. The lowest BCUT2D eigenvalue weighted by atomic mass is 10.0. The molecule has 0 aliphatic carbocycles. The second-order valence-electron chi connectivity index (χ2n) is 4.96. The van der Waals surface area contributed by atoms with Gasteiger partial charge in [-0.05, 0) is 25.3 Å². The standard InChI is InChI=1S/C12H24N2O/c1-3-11-9-15-7-6-14(11)8-12-10(2)4-5-13-12/h10-13H,3-9H2,1-2H3. The molecular formula is C12H24N2O. The van der Waals surface area contributed by atoms with Gasteiger partial charge < -0.3 is 10.1 Å². The van der Waals surface area contributed by atoms with Crippen LogP contribution in [0.15, 0.2) is 0 Å². The van der Waals surface area contributed by atoms with Gasteiger partial charge in [-0.15, -0.1) is 0 Å². The van der Waals surface area contributed by atoms with Crippen molar-refractivity contribution >= 4 is 0 Å². The van der Waals surface area contributed by atoms with E-state index < -0.39 is 0 Å². The van der Waals surface area contributed by atoms with Crippen LogP contribution in [0.1, 0.15) is 26.7 Å². The van der Waals surface area contributed by atoms with E-state index in [0.717, 1.165) is 25.7 Å². The third-order valence-electron chi connectivity index (χ3n) is 3.95. The molecule has 2 aliphatic rings. The molecule has 3 atom stereocenters. The Morgan fingerprint density at radius 3 is 3.00 bits per heavy atom. The van der Waals surface area contributed by atoms with Gasteiger partial charge in [-0.2, -0.15) is 0 Å². The van der Waals surface area contributed by atoms with Crippen LogP contribution in [0.25, 0.3) is 0 Å². The van der Waals surface area contributed by atoms with Crippen LogP contribution >= 0.6 is 0 Å². The molecule has 0 radical (unpaired) electrons. The van der Waals surface area contributed by atoms with E-state index in [4.69, 9.17) is 4.74 Å². The molecule has 2 fully saturated rings. The first kappa shape index (κ1) is 11.4. The lowest BCUT2D eigenvalue weighted by Crippen LogP contribution is -2.50. The maximum Gasteiger partial charge on any atom is 0.0622 e. The quantitative estimate of drug-likeness (QED) is 0.758. The normalized spacial score (nSPS) is 38.4. The molecule has 3 unspecified atom stereocenters. The fraction of sp³-hybridized carbons (Fsp3) is 1.00. The molecule has 15 heavy (non-hydrogen) atoms. The molecule has 1 N–H and O–H groups in total. The van der Waals surface area contributed by atoms with E-state index in [9.17, 15) is 0 Å². The van der Waals surface area contributed by atoms with Crippen LogP contribution in [0, 0.1) is 5.92 Å². The van der Waals surface area contributed by atoms with Gasteiger partial charge in [-0.1, -0.05) is 13.8 Å². The molecule has 0 saturated carbocycles. The molecule has 0 aromatic heterocycles. The van der Waals surface area contributed by atoms with Crippen molar-refractivity contribution in [2.45, 2.75) is 38.8 Å². The Balaban J connectivity index is 1.85. The Hall–Kier alpha value is -0.120. The minimum Gasteiger partial charge on any atom is -0.378 e. The van der Waals surface area contributed by atoms with Crippen LogP contribution in [0.5, 0.6) is 0 Å². The highest BCUT2D eigenvalue weighted by molar-refractivity contribution is 4.86. The van der Waals surface area contributed by atoms with Crippen LogP contribution in [0.4, 0.5) is 0 Å². The zero-order valence-corrected chi connectivity index (χ0v) is 10.0. The fourth-order valence-electron chi connectivity index (χ4n) is 2.70. The highest BCUT2D eigenvalue weighted by Gasteiger charge is 2.28. The molecule has 2 rings (SSSR count). The summed E-state index contributed by atoms with van der Waals surface area (Å²) in [7, 11) is 0. The summed E-state index contributed by atoms with van der Waals surface area (Å²) < 4.78 is 5.53. The average molecular weight is 212 g/mol. The Labute approximate surface area is 93.2 Å². The number of nitrogens with zero attached hydrogens (tertiary/aromatic N) is 1. The second kappa shape index (κ2) is 5.28. The molecule has 2 aliphatic heterocycles. The van der Waals surface area contributed by atoms with E-state index in [0.29, 0.717) is 12.1 Å². The highest BCUT2D eigenvalue weighted by Crippen LogP contribution is 2.18. The van der Waals surface area contributed by atoms with Gasteiger partial charge in [-0.3, -0.25) is 4.90 Å². The topological polar surface area (TPSA) is 24.5 Å². The maximum absolute atomic E-state index is 5.53. The summed E-state index contributed by atoms with van der Waals surface area (Å²) in [6.45, 7) is 10.00. The number of ether oxygens (including phenoxy) is 1. The lowest BCUT2D eigenvalue weighted by Gasteiger charge is -2.37. The number of hydrogen-bond acceptors (Lipinski definition) is 3. The van der Waals surface area contributed by atoms with Crippen LogP contribution in [-0.4, -0.2) is 49.8 Å². The summed E-state index contributed by atoms with van der Waals surface area (Å²) in [6, 6.07) is 1.35. The van der Waals surface area contributed by atoms with Gasteiger partial charge in [0, 0.05) is 25.2 Å². The van der Waals surface area contributed by atoms with Crippen molar-refractivity contribution in [1.82, 2.24) is 10.2 Å². The van der Waals surface area contributed by atoms with Crippen LogP contribution in [0.3, 0.4) is 0 Å². The zero-order chi connectivity index (χ0) is 10.7. The third kappa shape index (κ3) is 2.71. The highest BCUT2D eigenvalue weighted by atomic mass is 16.5. The average Bonchev–Trinajstić information content (AvgIpc) is 2.65. The van der Waals surface area contributed by atoms with E-state index in [2.05, 4.69) is 24.1 Å². The molecule has 0 amide bonds. The first-order chi connectivity index (χ1) is 7.31. The van der Waals surface area contributed by atoms with Crippen LogP contribution in [0.2, 0.25) is 0 Å². The summed E-state index contributed by atoms with van der Waals surface area (Å²) in [5.74, 6) is 0.838. The monoisotopic (exact) mass is 212 g/mol. The summed E-state index contributed by atoms with van der Waals surface area (Å²) in [5.41, 5.74) is 0. The molecule has 88 valence electrons. The molecule has 0 spiro atoms. The Bertz CT molecular complexity index is 198. The second-order valence-corrected chi connectivity index (χ2v) is 4.96. The predicted molar refractivity (Wildman–Crippen MR) is 62.0 cm³/mol. The zero-order valence-electron chi connectivity index (χ0n) is 10.0. The van der Waals surface area contributed by atoms with Gasteiger partial charge in [0.2, 0.25) is 0 Å². The molecule has 2 heterocycles. The summed E-state index contributed by atoms with van der Waals surface area (Å²) >= 11 is 0. The maximum atomic E-state index is 5.53. The van der Waals surface area contributed by atoms with Gasteiger partial charge in [0.15, 0.2) is 0 Å². The van der Waals surface area contributed by atoms with E-state index in [-0.39, 0.29) is 0 Å². The summed E-state index contributed by atoms with van der Waals surface area (Å²) in [5, 5.41) is 3.62. The minimum atomic E-state index is 0.647. The van der Waals surface area contributed by atoms with Crippen molar-refractivity contribution in [3.05, 3.63) is 0 Å². The van der Waals surface area contributed by atoms with Crippen molar-refractivity contribution in [1.29, 1.82) is 0 Å². The fourth-order valence-corrected chi connectivity index (χ4v) is 2.70. The van der Waals surface area contributed by atoms with E-state index in [1.807, 2.05) is 0 Å². The summed E-state index contributed by atoms with van der Waals surface area (Å²) in [6.07, 6.45) is 2.55. The predicted octanol–water partition coefficient (Wildman–Crippen LogP) is 1.10. The first-order valence-corrected chi connectivity index (χ1v) is 6.36. The van der Waals surface area contributed by atoms with Gasteiger partial charge in [0.1, 0.15) is 0 Å². The Kier molecular flexibility index (Phi) is 4.00. The van der Waals surface area contributed by atoms with Gasteiger partial charge in [0.25, 0.3) is 0 Å². The number of rotatable bonds is 3. The van der Waals surface area contributed by atoms with Gasteiger partial charge in [0.05, 0.1) is 13.2 Å². The van der Waals surface area contributed by atoms with E-state index in [1.165, 1.54) is 25.9 Å². The van der Waals surface area contributed by atoms with Crippen molar-refractivity contribution in [3.8, 4) is 0 Å². The molecule has 3 nitrogen and oxygen atoms in total. The van der Waals surface area contributed by atoms with Gasteiger partial charge >= 0.3 is 0 Å². The lowest BCUT2D eigenvalue weighted by molar-refractivity contribution is -0.0133. The molecule has 0 bridgehead atoms. The largest absolute Gasteiger partial charge is 0.378 e. The Morgan fingerprint density at radius 2 is 2.33 bits per heavy atom. The molecule has 3 heteroatoms. The third-order valence-corrected chi connectivity index (χ3v) is 3.95. The summed E-state index contributed by atoms with van der Waals surface area (Å²) in [4.78, 5) is 2.61. The van der Waals surface area contributed by atoms with Crippen molar-refractivity contribution in [3.63, 3.8) is 0 Å². The SMILES string of the molecule is CCC1COCCN1CC1NCCC1C. The molecule has 0 aromatic rings. The Morgan fingerprint density at radius 1 is 1.47 bits per heavy atom. The van der Waals surface area contributed by atoms with Crippen LogP contribution in [-0.2, 0) is 4.74 Å². The number of hydrogen-bond donors (Lipinski definition) is 1. The van der Waals surface area contributed by atoms with Crippen LogP contribution < -0.4 is 5.32 Å². The van der Waals surface area contributed by atoms with E-state index >= 15 is 0 Å². The van der Waals surface area contributed by atoms with Gasteiger partial charge in [-0.25, -0.2) is 0 Å². The molecule has 0 aromatic carbocycles. The van der Waals surface area contributed by atoms with E-state index in [1.54, 1.807) is 0 Å².